The third-order valence-corrected chi connectivity index (χ3v) is 4.66. The number of aliphatic hydroxyl groups excluding tert-OH is 2. The molecular weight excluding hydrogens is 288 g/mol. The van der Waals surface area contributed by atoms with Gasteiger partial charge in [-0.3, -0.25) is 0 Å². The first kappa shape index (κ1) is 18.8. The summed E-state index contributed by atoms with van der Waals surface area (Å²) in [6.07, 6.45) is -0.626. The molecule has 126 valence electrons. The van der Waals surface area contributed by atoms with Crippen molar-refractivity contribution in [1.82, 2.24) is 0 Å². The molecule has 0 heterocycles. The normalized spacial score (nSPS) is 37.0. The Balaban J connectivity index is 3.41. The molecule has 0 amide bonds. The number of aliphatic hydroxyl groups is 3. The Bertz CT molecular complexity index is 465. The van der Waals surface area contributed by atoms with Crippen LogP contribution in [0.3, 0.4) is 0 Å². The summed E-state index contributed by atoms with van der Waals surface area (Å²) < 4.78 is 4.76. The van der Waals surface area contributed by atoms with Crippen molar-refractivity contribution in [2.24, 2.45) is 17.8 Å². The molecule has 1 aliphatic carbocycles. The number of esters is 1. The van der Waals surface area contributed by atoms with Gasteiger partial charge in [-0.05, 0) is 27.7 Å². The Morgan fingerprint density at radius 1 is 1.41 bits per heavy atom. The molecule has 3 N–H and O–H groups in total. The average Bonchev–Trinajstić information content (AvgIpc) is 2.59. The van der Waals surface area contributed by atoms with Crippen molar-refractivity contribution in [1.29, 1.82) is 0 Å². The number of Topliss-reactive ketones (excluding diaryl/α,β-unsaturated/α-hetero) is 1. The predicted octanol–water partition coefficient (Wildman–Crippen LogP) is 0.440. The van der Waals surface area contributed by atoms with Crippen LogP contribution in [0.2, 0.25) is 0 Å². The van der Waals surface area contributed by atoms with E-state index in [0.29, 0.717) is 0 Å². The van der Waals surface area contributed by atoms with Gasteiger partial charge in [-0.1, -0.05) is 6.08 Å². The van der Waals surface area contributed by atoms with Gasteiger partial charge in [0, 0.05) is 29.7 Å². The number of ether oxygens (including phenoxy) is 1. The molecule has 1 fully saturated rings. The molecule has 6 nitrogen and oxygen atoms in total. The van der Waals surface area contributed by atoms with Gasteiger partial charge in [0.15, 0.2) is 0 Å². The highest BCUT2D eigenvalue weighted by Crippen LogP contribution is 2.50. The van der Waals surface area contributed by atoms with E-state index in [1.165, 1.54) is 27.9 Å². The molecule has 0 bridgehead atoms. The Labute approximate surface area is 130 Å². The second-order valence-electron chi connectivity index (χ2n) is 6.27. The van der Waals surface area contributed by atoms with Gasteiger partial charge in [0.2, 0.25) is 0 Å². The van der Waals surface area contributed by atoms with E-state index in [-0.39, 0.29) is 17.8 Å². The van der Waals surface area contributed by atoms with Gasteiger partial charge < -0.3 is 24.9 Å². The summed E-state index contributed by atoms with van der Waals surface area (Å²) in [6, 6.07) is 0. The van der Waals surface area contributed by atoms with Crippen LogP contribution < -0.4 is 0 Å². The van der Waals surface area contributed by atoms with E-state index in [2.05, 4.69) is 0 Å². The third-order valence-electron chi connectivity index (χ3n) is 4.66. The third kappa shape index (κ3) is 3.24. The van der Waals surface area contributed by atoms with E-state index in [4.69, 9.17) is 4.74 Å². The highest BCUT2D eigenvalue weighted by atomic mass is 16.5. The summed E-state index contributed by atoms with van der Waals surface area (Å²) in [6.45, 7) is 5.96. The number of rotatable bonds is 5. The minimum atomic E-state index is -1.61. The van der Waals surface area contributed by atoms with Crippen LogP contribution in [0, 0.1) is 17.8 Å². The molecular formula is C16H26O6. The van der Waals surface area contributed by atoms with E-state index in [1.54, 1.807) is 13.0 Å². The fourth-order valence-electron chi connectivity index (χ4n) is 3.80. The molecule has 0 aliphatic heterocycles. The van der Waals surface area contributed by atoms with E-state index in [9.17, 15) is 24.9 Å². The fourth-order valence-corrected chi connectivity index (χ4v) is 3.80. The van der Waals surface area contributed by atoms with Crippen LogP contribution in [0.4, 0.5) is 0 Å². The number of hydrogen-bond donors (Lipinski definition) is 3. The first-order valence-corrected chi connectivity index (χ1v) is 7.42. The maximum absolute atomic E-state index is 12.0. The van der Waals surface area contributed by atoms with Crippen LogP contribution in [0.1, 0.15) is 34.1 Å². The van der Waals surface area contributed by atoms with Gasteiger partial charge in [0.1, 0.15) is 5.78 Å². The van der Waals surface area contributed by atoms with Gasteiger partial charge in [-0.25, -0.2) is 4.79 Å². The van der Waals surface area contributed by atoms with Crippen molar-refractivity contribution < 1.29 is 29.6 Å². The standard InChI is InChI=1S/C16H26O6/c1-6-10(15(20)22-5)12-11(7-8(2)17)14(19)16(4,21)13(12)9(3)18/h6,9,11-14,18-19,21H,7H2,1-5H3/b10-6+/t9?,11-,12-,13-,14-,16+/m0/s1. The van der Waals surface area contributed by atoms with Crippen molar-refractivity contribution in [2.75, 3.05) is 7.11 Å². The smallest absolute Gasteiger partial charge is 0.333 e. The second-order valence-corrected chi connectivity index (χ2v) is 6.27. The minimum absolute atomic E-state index is 0.0134. The molecule has 1 aliphatic rings. The van der Waals surface area contributed by atoms with Crippen LogP contribution in [0.5, 0.6) is 0 Å². The molecule has 0 aromatic rings. The first-order chi connectivity index (χ1) is 10.1. The van der Waals surface area contributed by atoms with Crippen LogP contribution >= 0.6 is 0 Å². The molecule has 6 heteroatoms. The van der Waals surface area contributed by atoms with Gasteiger partial charge in [-0.2, -0.15) is 0 Å². The lowest BCUT2D eigenvalue weighted by Crippen LogP contribution is -2.46. The van der Waals surface area contributed by atoms with E-state index >= 15 is 0 Å². The summed E-state index contributed by atoms with van der Waals surface area (Å²) in [7, 11) is 1.24. The van der Waals surface area contributed by atoms with Crippen LogP contribution in [0.15, 0.2) is 11.6 Å². The summed E-state index contributed by atoms with van der Waals surface area (Å²) in [5.74, 6) is -2.84. The lowest BCUT2D eigenvalue weighted by molar-refractivity contribution is -0.137. The maximum Gasteiger partial charge on any atom is 0.333 e. The highest BCUT2D eigenvalue weighted by Gasteiger charge is 2.59. The lowest BCUT2D eigenvalue weighted by atomic mass is 9.76. The molecule has 0 spiro atoms. The molecule has 1 saturated carbocycles. The molecule has 0 saturated heterocycles. The summed E-state index contributed by atoms with van der Waals surface area (Å²) in [5, 5.41) is 31.2. The number of allylic oxidation sites excluding steroid dienone is 1. The topological polar surface area (TPSA) is 104 Å². The predicted molar refractivity (Wildman–Crippen MR) is 79.9 cm³/mol. The average molecular weight is 314 g/mol. The van der Waals surface area contributed by atoms with E-state index < -0.39 is 41.5 Å². The number of carbonyl (C=O) groups excluding carboxylic acids is 2. The molecule has 22 heavy (non-hydrogen) atoms. The zero-order valence-electron chi connectivity index (χ0n) is 13.7. The number of ketones is 1. The molecule has 0 aromatic carbocycles. The minimum Gasteiger partial charge on any atom is -0.466 e. The Morgan fingerprint density at radius 2 is 1.95 bits per heavy atom. The SMILES string of the molecule is C/C=C(/C(=O)OC)[C@H]1[C@H](CC(C)=O)[C@H](O)[C@](C)(O)[C@H]1C(C)O. The summed E-state index contributed by atoms with van der Waals surface area (Å²) in [5.41, 5.74) is -1.35. The van der Waals surface area contributed by atoms with Crippen LogP contribution in [0.25, 0.3) is 0 Å². The Hall–Kier alpha value is -1.24. The summed E-state index contributed by atoms with van der Waals surface area (Å²) >= 11 is 0. The highest BCUT2D eigenvalue weighted by molar-refractivity contribution is 5.89. The van der Waals surface area contributed by atoms with E-state index in [1.807, 2.05) is 0 Å². The summed E-state index contributed by atoms with van der Waals surface area (Å²) in [4.78, 5) is 23.6. The molecule has 1 unspecified atom stereocenters. The number of carbonyl (C=O) groups is 2. The van der Waals surface area contributed by atoms with Crippen molar-refractivity contribution in [3.8, 4) is 0 Å². The van der Waals surface area contributed by atoms with Gasteiger partial charge >= 0.3 is 5.97 Å². The van der Waals surface area contributed by atoms with Crippen molar-refractivity contribution in [3.63, 3.8) is 0 Å². The zero-order valence-corrected chi connectivity index (χ0v) is 13.7. The fraction of sp³-hybridized carbons (Fsp3) is 0.750. The molecule has 0 radical (unpaired) electrons. The number of hydrogen-bond acceptors (Lipinski definition) is 6. The Morgan fingerprint density at radius 3 is 2.32 bits per heavy atom. The molecule has 0 aromatic heterocycles. The lowest BCUT2D eigenvalue weighted by Gasteiger charge is -2.33. The van der Waals surface area contributed by atoms with Gasteiger partial charge in [-0.15, -0.1) is 0 Å². The monoisotopic (exact) mass is 314 g/mol. The molecule has 6 atom stereocenters. The Kier molecular flexibility index (Phi) is 5.89. The van der Waals surface area contributed by atoms with Crippen molar-refractivity contribution in [2.45, 2.75) is 51.9 Å². The quantitative estimate of drug-likeness (QED) is 0.502. The second kappa shape index (κ2) is 6.89. The largest absolute Gasteiger partial charge is 0.466 e. The van der Waals surface area contributed by atoms with Crippen molar-refractivity contribution >= 4 is 11.8 Å². The van der Waals surface area contributed by atoms with Gasteiger partial charge in [0.05, 0.1) is 24.9 Å². The van der Waals surface area contributed by atoms with Crippen LogP contribution in [-0.4, -0.2) is 52.0 Å². The van der Waals surface area contributed by atoms with Crippen LogP contribution in [-0.2, 0) is 14.3 Å². The van der Waals surface area contributed by atoms with E-state index in [0.717, 1.165) is 0 Å². The maximum atomic E-state index is 12.0. The molecule has 1 rings (SSSR count). The first-order valence-electron chi connectivity index (χ1n) is 7.42. The van der Waals surface area contributed by atoms with Crippen molar-refractivity contribution in [3.05, 3.63) is 11.6 Å². The zero-order chi connectivity index (χ0) is 17.2. The van der Waals surface area contributed by atoms with Gasteiger partial charge in [0.25, 0.3) is 0 Å². The number of methoxy groups -OCH3 is 1.